The summed E-state index contributed by atoms with van der Waals surface area (Å²) in [7, 11) is 0. The summed E-state index contributed by atoms with van der Waals surface area (Å²) in [6.45, 7) is 1.99. The number of carbonyl (C=O) groups is 1. The van der Waals surface area contributed by atoms with Crippen molar-refractivity contribution in [1.29, 1.82) is 0 Å². The number of nitrogens with zero attached hydrogens (tertiary/aromatic N) is 2. The van der Waals surface area contributed by atoms with E-state index in [1.807, 2.05) is 55.5 Å². The van der Waals surface area contributed by atoms with E-state index in [0.717, 1.165) is 21.3 Å². The predicted molar refractivity (Wildman–Crippen MR) is 121 cm³/mol. The molecular formula is C24H17N3O2S. The molecule has 0 unspecified atom stereocenters. The maximum Gasteiger partial charge on any atom is 0.204 e. The van der Waals surface area contributed by atoms with E-state index in [-0.39, 0.29) is 17.1 Å². The van der Waals surface area contributed by atoms with Crippen LogP contribution in [0.1, 0.15) is 27.0 Å². The normalized spacial score (nSPS) is 13.8. The van der Waals surface area contributed by atoms with Crippen LogP contribution in [0.25, 0.3) is 16.0 Å². The van der Waals surface area contributed by atoms with Gasteiger partial charge in [0.25, 0.3) is 0 Å². The predicted octanol–water partition coefficient (Wildman–Crippen LogP) is 5.59. The highest BCUT2D eigenvalue weighted by Gasteiger charge is 2.33. The Morgan fingerprint density at radius 1 is 0.967 bits per heavy atom. The Balaban J connectivity index is 1.61. The number of aliphatic hydroxyl groups excluding tert-OH is 1. The summed E-state index contributed by atoms with van der Waals surface area (Å²) in [4.78, 5) is 17.6. The van der Waals surface area contributed by atoms with Gasteiger partial charge in [0.2, 0.25) is 5.13 Å². The van der Waals surface area contributed by atoms with Crippen molar-refractivity contribution in [2.75, 3.05) is 5.43 Å². The number of Topliss-reactive ketones (excluding diaryl/α,β-unsaturated/α-hetero) is 1. The lowest BCUT2D eigenvalue weighted by Gasteiger charge is -2.09. The molecule has 0 saturated heterocycles. The molecule has 0 bridgehead atoms. The number of carbonyl (C=O) groups excluding carboxylic acids is 1. The van der Waals surface area contributed by atoms with Gasteiger partial charge in [0.05, 0.1) is 15.8 Å². The van der Waals surface area contributed by atoms with Gasteiger partial charge in [-0.1, -0.05) is 77.6 Å². The summed E-state index contributed by atoms with van der Waals surface area (Å²) < 4.78 is 1.04. The summed E-state index contributed by atoms with van der Waals surface area (Å²) in [5.41, 5.74) is 7.27. The lowest BCUT2D eigenvalue weighted by Crippen LogP contribution is -2.14. The number of anilines is 1. The molecule has 1 aromatic heterocycles. The van der Waals surface area contributed by atoms with Gasteiger partial charge in [0.1, 0.15) is 11.5 Å². The average Bonchev–Trinajstić information content (AvgIpc) is 3.29. The first-order chi connectivity index (χ1) is 14.6. The smallest absolute Gasteiger partial charge is 0.204 e. The lowest BCUT2D eigenvalue weighted by atomic mass is 9.98. The van der Waals surface area contributed by atoms with Crippen LogP contribution in [0.15, 0.2) is 83.5 Å². The standard InChI is InChI=1S/C24H17N3O2S/c1-14-10-12-15(13-11-14)21(20-22(28)16-6-2-3-7-17(16)23(20)29)26-27-24-25-18-8-4-5-9-19(18)30-24/h2-13,28H,1H3,(H,25,27)/b26-21-. The quantitative estimate of drug-likeness (QED) is 0.339. The zero-order valence-electron chi connectivity index (χ0n) is 16.1. The summed E-state index contributed by atoms with van der Waals surface area (Å²) in [6.07, 6.45) is 0. The number of allylic oxidation sites excluding steroid dienone is 1. The lowest BCUT2D eigenvalue weighted by molar-refractivity contribution is 0.104. The van der Waals surface area contributed by atoms with Gasteiger partial charge >= 0.3 is 0 Å². The Morgan fingerprint density at radius 2 is 1.67 bits per heavy atom. The van der Waals surface area contributed by atoms with Crippen LogP contribution in [-0.2, 0) is 0 Å². The number of aromatic nitrogens is 1. The first-order valence-corrected chi connectivity index (χ1v) is 10.3. The molecule has 1 aliphatic rings. The van der Waals surface area contributed by atoms with E-state index in [4.69, 9.17) is 0 Å². The van der Waals surface area contributed by atoms with Crippen LogP contribution in [-0.4, -0.2) is 21.6 Å². The highest BCUT2D eigenvalue weighted by Crippen LogP contribution is 2.33. The topological polar surface area (TPSA) is 74.6 Å². The zero-order valence-corrected chi connectivity index (χ0v) is 16.9. The molecule has 1 aliphatic carbocycles. The van der Waals surface area contributed by atoms with Crippen LogP contribution < -0.4 is 5.43 Å². The molecule has 0 atom stereocenters. The van der Waals surface area contributed by atoms with E-state index < -0.39 is 0 Å². The Kier molecular flexibility index (Phi) is 4.41. The van der Waals surface area contributed by atoms with Crippen molar-refractivity contribution in [1.82, 2.24) is 4.98 Å². The number of thiazole rings is 1. The largest absolute Gasteiger partial charge is 0.506 e. The second-order valence-electron chi connectivity index (χ2n) is 7.02. The molecular weight excluding hydrogens is 394 g/mol. The van der Waals surface area contributed by atoms with Crippen LogP contribution in [0, 0.1) is 6.92 Å². The Hall–Kier alpha value is -3.77. The van der Waals surface area contributed by atoms with Crippen molar-refractivity contribution in [3.05, 3.63) is 101 Å². The molecule has 2 N–H and O–H groups in total. The number of aliphatic hydroxyl groups is 1. The summed E-state index contributed by atoms with van der Waals surface area (Å²) in [6, 6.07) is 22.6. The molecule has 4 aromatic rings. The van der Waals surface area contributed by atoms with E-state index in [1.54, 1.807) is 24.3 Å². The molecule has 5 rings (SSSR count). The molecule has 146 valence electrons. The second-order valence-corrected chi connectivity index (χ2v) is 8.05. The van der Waals surface area contributed by atoms with Gasteiger partial charge in [-0.15, -0.1) is 0 Å². The van der Waals surface area contributed by atoms with Gasteiger partial charge in [-0.2, -0.15) is 5.10 Å². The minimum atomic E-state index is -0.242. The Morgan fingerprint density at radius 3 is 2.40 bits per heavy atom. The summed E-state index contributed by atoms with van der Waals surface area (Å²) in [5, 5.41) is 16.0. The first kappa shape index (κ1) is 18.3. The Labute approximate surface area is 177 Å². The highest BCUT2D eigenvalue weighted by molar-refractivity contribution is 7.22. The van der Waals surface area contributed by atoms with E-state index >= 15 is 0 Å². The average molecular weight is 411 g/mol. The zero-order chi connectivity index (χ0) is 20.7. The van der Waals surface area contributed by atoms with E-state index in [0.29, 0.717) is 22.0 Å². The van der Waals surface area contributed by atoms with E-state index in [1.165, 1.54) is 11.3 Å². The maximum atomic E-state index is 13.1. The number of benzene rings is 3. The molecule has 0 amide bonds. The SMILES string of the molecule is Cc1ccc(/C(=N/Nc2nc3ccccc3s2)C2=C(O)c3ccccc3C2=O)cc1. The third-order valence-electron chi connectivity index (χ3n) is 5.01. The summed E-state index contributed by atoms with van der Waals surface area (Å²) in [5.74, 6) is -0.297. The van der Waals surface area contributed by atoms with Crippen LogP contribution in [0.2, 0.25) is 0 Å². The van der Waals surface area contributed by atoms with Crippen LogP contribution in [0.5, 0.6) is 0 Å². The molecule has 0 spiro atoms. The van der Waals surface area contributed by atoms with Gasteiger partial charge in [0.15, 0.2) is 5.78 Å². The number of para-hydroxylation sites is 1. The van der Waals surface area contributed by atoms with E-state index in [2.05, 4.69) is 15.5 Å². The van der Waals surface area contributed by atoms with Crippen molar-refractivity contribution in [2.45, 2.75) is 6.92 Å². The number of nitrogens with one attached hydrogen (secondary N) is 1. The van der Waals surface area contributed by atoms with Crippen molar-refractivity contribution in [3.8, 4) is 0 Å². The van der Waals surface area contributed by atoms with E-state index in [9.17, 15) is 9.90 Å². The van der Waals surface area contributed by atoms with Crippen molar-refractivity contribution in [2.24, 2.45) is 5.10 Å². The number of hydrogen-bond acceptors (Lipinski definition) is 6. The number of ketones is 1. The molecule has 3 aromatic carbocycles. The molecule has 0 saturated carbocycles. The number of aryl methyl sites for hydroxylation is 1. The minimum Gasteiger partial charge on any atom is -0.506 e. The highest BCUT2D eigenvalue weighted by atomic mass is 32.1. The fraction of sp³-hybridized carbons (Fsp3) is 0.0417. The number of fused-ring (bicyclic) bond motifs is 2. The fourth-order valence-corrected chi connectivity index (χ4v) is 4.29. The molecule has 0 fully saturated rings. The van der Waals surface area contributed by atoms with Crippen LogP contribution in [0.4, 0.5) is 5.13 Å². The maximum absolute atomic E-state index is 13.1. The summed E-state index contributed by atoms with van der Waals surface area (Å²) >= 11 is 1.48. The van der Waals surface area contributed by atoms with Crippen molar-refractivity contribution >= 4 is 43.9 Å². The number of hydrazone groups is 1. The number of hydrogen-bond donors (Lipinski definition) is 2. The molecule has 1 heterocycles. The van der Waals surface area contributed by atoms with Gasteiger partial charge < -0.3 is 5.11 Å². The second kappa shape index (κ2) is 7.24. The third kappa shape index (κ3) is 3.07. The molecule has 0 radical (unpaired) electrons. The Bertz CT molecular complexity index is 1320. The molecule has 30 heavy (non-hydrogen) atoms. The van der Waals surface area contributed by atoms with Crippen molar-refractivity contribution < 1.29 is 9.90 Å². The third-order valence-corrected chi connectivity index (χ3v) is 5.95. The minimum absolute atomic E-state index is 0.0546. The van der Waals surface area contributed by atoms with Crippen LogP contribution in [0.3, 0.4) is 0 Å². The van der Waals surface area contributed by atoms with Gasteiger partial charge in [-0.05, 0) is 19.1 Å². The molecule has 6 heteroatoms. The molecule has 0 aliphatic heterocycles. The van der Waals surface area contributed by atoms with Gasteiger partial charge in [0, 0.05) is 16.7 Å². The number of rotatable bonds is 4. The van der Waals surface area contributed by atoms with Crippen molar-refractivity contribution in [3.63, 3.8) is 0 Å². The monoisotopic (exact) mass is 411 g/mol. The van der Waals surface area contributed by atoms with Gasteiger partial charge in [-0.25, -0.2) is 4.98 Å². The molecule has 5 nitrogen and oxygen atoms in total. The van der Waals surface area contributed by atoms with Gasteiger partial charge in [-0.3, -0.25) is 10.2 Å². The van der Waals surface area contributed by atoms with Crippen LogP contribution >= 0.6 is 11.3 Å². The fourth-order valence-electron chi connectivity index (χ4n) is 3.48. The first-order valence-electron chi connectivity index (χ1n) is 9.46.